The standard InChI is InChI=1S/C23H22O12/c1-32-13-4-3-8(5-9(13)24)14-7-12(27)15-10(25)6-11(26)16(20(15)34-14)21-18(29)17(28)19(30)22(35-21)23(31)33-2/h3-7,17-19,21-22,24-26,28-30H,1-2H3/t17-,18-,19+,21+,22+/m1/s1. The lowest BCUT2D eigenvalue weighted by atomic mass is 9.89. The first kappa shape index (κ1) is 24.3. The Bertz CT molecular complexity index is 1350. The zero-order valence-electron chi connectivity index (χ0n) is 18.4. The van der Waals surface area contributed by atoms with Crippen molar-refractivity contribution in [2.24, 2.45) is 0 Å². The summed E-state index contributed by atoms with van der Waals surface area (Å²) in [6.07, 6.45) is -9.09. The molecule has 12 nitrogen and oxygen atoms in total. The van der Waals surface area contributed by atoms with Crippen molar-refractivity contribution in [3.63, 3.8) is 0 Å². The van der Waals surface area contributed by atoms with Crippen LogP contribution in [0.1, 0.15) is 11.7 Å². The van der Waals surface area contributed by atoms with Gasteiger partial charge in [0.05, 0.1) is 19.8 Å². The number of benzene rings is 2. The third kappa shape index (κ3) is 4.02. The highest BCUT2D eigenvalue weighted by molar-refractivity contribution is 5.89. The Balaban J connectivity index is 1.95. The molecule has 5 atom stereocenters. The number of methoxy groups -OCH3 is 2. The second kappa shape index (κ2) is 9.07. The third-order valence-corrected chi connectivity index (χ3v) is 5.79. The molecule has 186 valence electrons. The van der Waals surface area contributed by atoms with E-state index in [4.69, 9.17) is 13.9 Å². The van der Waals surface area contributed by atoms with E-state index in [0.717, 1.165) is 19.2 Å². The van der Waals surface area contributed by atoms with E-state index in [1.807, 2.05) is 0 Å². The Hall–Kier alpha value is -3.84. The Labute approximate surface area is 196 Å². The molecule has 1 saturated heterocycles. The second-order valence-corrected chi connectivity index (χ2v) is 7.87. The monoisotopic (exact) mass is 490 g/mol. The lowest BCUT2D eigenvalue weighted by Crippen LogP contribution is -2.56. The predicted octanol–water partition coefficient (Wildman–Crippen LogP) is 0.281. The van der Waals surface area contributed by atoms with Crippen molar-refractivity contribution < 1.29 is 54.1 Å². The van der Waals surface area contributed by atoms with Crippen LogP contribution in [0.3, 0.4) is 0 Å². The van der Waals surface area contributed by atoms with Crippen LogP contribution in [0.5, 0.6) is 23.0 Å². The summed E-state index contributed by atoms with van der Waals surface area (Å²) in [6, 6.07) is 6.00. The van der Waals surface area contributed by atoms with Gasteiger partial charge in [0, 0.05) is 17.7 Å². The van der Waals surface area contributed by atoms with Gasteiger partial charge in [-0.1, -0.05) is 0 Å². The van der Waals surface area contributed by atoms with E-state index in [1.165, 1.54) is 25.3 Å². The van der Waals surface area contributed by atoms with Crippen LogP contribution in [-0.4, -0.2) is 75.2 Å². The number of esters is 1. The van der Waals surface area contributed by atoms with E-state index in [1.54, 1.807) is 0 Å². The summed E-state index contributed by atoms with van der Waals surface area (Å²) >= 11 is 0. The molecule has 0 amide bonds. The van der Waals surface area contributed by atoms with Crippen LogP contribution in [-0.2, 0) is 14.3 Å². The highest BCUT2D eigenvalue weighted by Crippen LogP contribution is 2.44. The average molecular weight is 490 g/mol. The lowest BCUT2D eigenvalue weighted by Gasteiger charge is -2.39. The number of aliphatic hydroxyl groups excluding tert-OH is 3. The number of ether oxygens (including phenoxy) is 3. The molecule has 0 radical (unpaired) electrons. The summed E-state index contributed by atoms with van der Waals surface area (Å²) in [5.74, 6) is -2.59. The van der Waals surface area contributed by atoms with Gasteiger partial charge in [0.15, 0.2) is 28.6 Å². The largest absolute Gasteiger partial charge is 0.507 e. The van der Waals surface area contributed by atoms with Crippen LogP contribution in [0, 0.1) is 0 Å². The van der Waals surface area contributed by atoms with Gasteiger partial charge in [-0.05, 0) is 18.2 Å². The van der Waals surface area contributed by atoms with Gasteiger partial charge in [0.1, 0.15) is 47.1 Å². The molecule has 2 aromatic carbocycles. The fraction of sp³-hybridized carbons (Fsp3) is 0.304. The molecule has 1 aliphatic rings. The third-order valence-electron chi connectivity index (χ3n) is 5.79. The predicted molar refractivity (Wildman–Crippen MR) is 117 cm³/mol. The minimum Gasteiger partial charge on any atom is -0.507 e. The van der Waals surface area contributed by atoms with E-state index in [9.17, 15) is 40.2 Å². The maximum absolute atomic E-state index is 12.9. The highest BCUT2D eigenvalue weighted by atomic mass is 16.6. The van der Waals surface area contributed by atoms with Gasteiger partial charge >= 0.3 is 5.97 Å². The summed E-state index contributed by atoms with van der Waals surface area (Å²) in [7, 11) is 2.37. The molecule has 0 spiro atoms. The molecule has 1 aliphatic heterocycles. The number of aliphatic hydroxyl groups is 3. The number of fused-ring (bicyclic) bond motifs is 1. The maximum atomic E-state index is 12.9. The molecule has 1 aromatic heterocycles. The van der Waals surface area contributed by atoms with E-state index in [2.05, 4.69) is 4.74 Å². The van der Waals surface area contributed by atoms with Crippen LogP contribution >= 0.6 is 0 Å². The fourth-order valence-corrected chi connectivity index (χ4v) is 4.01. The summed E-state index contributed by atoms with van der Waals surface area (Å²) < 4.78 is 20.9. The number of phenols is 3. The number of phenolic OH excluding ortho intramolecular Hbond substituents is 3. The number of carbonyl (C=O) groups is 1. The smallest absolute Gasteiger partial charge is 0.337 e. The first-order chi connectivity index (χ1) is 16.6. The van der Waals surface area contributed by atoms with Gasteiger partial charge in [0.2, 0.25) is 0 Å². The lowest BCUT2D eigenvalue weighted by molar-refractivity contribution is -0.231. The van der Waals surface area contributed by atoms with E-state index >= 15 is 0 Å². The van der Waals surface area contributed by atoms with E-state index < -0.39 is 59.0 Å². The van der Waals surface area contributed by atoms with Crippen LogP contribution < -0.4 is 10.2 Å². The molecule has 35 heavy (non-hydrogen) atoms. The van der Waals surface area contributed by atoms with Crippen LogP contribution in [0.25, 0.3) is 22.3 Å². The van der Waals surface area contributed by atoms with Crippen molar-refractivity contribution in [1.82, 2.24) is 0 Å². The molecule has 0 bridgehead atoms. The van der Waals surface area contributed by atoms with Crippen molar-refractivity contribution in [3.8, 4) is 34.3 Å². The van der Waals surface area contributed by atoms with Gasteiger partial charge in [-0.3, -0.25) is 4.79 Å². The van der Waals surface area contributed by atoms with Gasteiger partial charge in [-0.25, -0.2) is 4.79 Å². The van der Waals surface area contributed by atoms with Crippen molar-refractivity contribution in [3.05, 3.63) is 46.1 Å². The maximum Gasteiger partial charge on any atom is 0.337 e. The Morgan fingerprint density at radius 2 is 1.63 bits per heavy atom. The minimum atomic E-state index is -1.91. The first-order valence-corrected chi connectivity index (χ1v) is 10.3. The van der Waals surface area contributed by atoms with Gasteiger partial charge < -0.3 is 49.3 Å². The van der Waals surface area contributed by atoms with Crippen LogP contribution in [0.2, 0.25) is 0 Å². The van der Waals surface area contributed by atoms with Gasteiger partial charge in [-0.15, -0.1) is 0 Å². The summed E-state index contributed by atoms with van der Waals surface area (Å²) in [5.41, 5.74) is -1.31. The molecule has 0 unspecified atom stereocenters. The summed E-state index contributed by atoms with van der Waals surface area (Å²) in [6.45, 7) is 0. The quantitative estimate of drug-likeness (QED) is 0.274. The molecule has 6 N–H and O–H groups in total. The van der Waals surface area contributed by atoms with Crippen molar-refractivity contribution in [2.75, 3.05) is 14.2 Å². The molecule has 4 rings (SSSR count). The molecular weight excluding hydrogens is 468 g/mol. The van der Waals surface area contributed by atoms with E-state index in [0.29, 0.717) is 0 Å². The second-order valence-electron chi connectivity index (χ2n) is 7.87. The molecule has 0 saturated carbocycles. The van der Waals surface area contributed by atoms with Crippen LogP contribution in [0.15, 0.2) is 39.5 Å². The SMILES string of the molecule is COC(=O)[C@H]1O[C@@H](c2c(O)cc(O)c3c(=O)cc(-c4ccc(OC)c(O)c4)oc23)[C@H](O)[C@@H](O)[C@@H]1O. The average Bonchev–Trinajstić information content (AvgIpc) is 2.82. The van der Waals surface area contributed by atoms with Gasteiger partial charge in [0.25, 0.3) is 0 Å². The van der Waals surface area contributed by atoms with Crippen molar-refractivity contribution in [2.45, 2.75) is 30.5 Å². The van der Waals surface area contributed by atoms with Crippen LogP contribution in [0.4, 0.5) is 0 Å². The first-order valence-electron chi connectivity index (χ1n) is 10.3. The number of aromatic hydroxyl groups is 3. The Morgan fingerprint density at radius 3 is 2.26 bits per heavy atom. The zero-order chi connectivity index (χ0) is 25.6. The summed E-state index contributed by atoms with van der Waals surface area (Å²) in [4.78, 5) is 25.0. The van der Waals surface area contributed by atoms with Gasteiger partial charge in [-0.2, -0.15) is 0 Å². The number of hydrogen-bond acceptors (Lipinski definition) is 12. The molecule has 12 heteroatoms. The number of hydrogen-bond donors (Lipinski definition) is 6. The van der Waals surface area contributed by atoms with Crippen molar-refractivity contribution >= 4 is 16.9 Å². The normalized spacial score (nSPS) is 24.3. The minimum absolute atomic E-state index is 0.0953. The summed E-state index contributed by atoms with van der Waals surface area (Å²) in [5, 5.41) is 61.8. The molecule has 1 fully saturated rings. The Kier molecular flexibility index (Phi) is 6.30. The zero-order valence-corrected chi connectivity index (χ0v) is 18.4. The highest BCUT2D eigenvalue weighted by Gasteiger charge is 2.49. The molecule has 0 aliphatic carbocycles. The number of carbonyl (C=O) groups excluding carboxylic acids is 1. The molecular formula is C23H22O12. The Morgan fingerprint density at radius 1 is 0.914 bits per heavy atom. The molecule has 2 heterocycles. The number of rotatable bonds is 4. The van der Waals surface area contributed by atoms with Crippen molar-refractivity contribution in [1.29, 1.82) is 0 Å². The molecule has 3 aromatic rings. The fourth-order valence-electron chi connectivity index (χ4n) is 4.01. The topological polar surface area (TPSA) is 196 Å². The van der Waals surface area contributed by atoms with E-state index in [-0.39, 0.29) is 33.8 Å².